The second kappa shape index (κ2) is 7.50. The van der Waals surface area contributed by atoms with Gasteiger partial charge in [-0.25, -0.2) is 4.39 Å². The van der Waals surface area contributed by atoms with Crippen molar-refractivity contribution in [2.45, 2.75) is 12.5 Å². The van der Waals surface area contributed by atoms with E-state index in [0.29, 0.717) is 11.1 Å². The molecule has 1 atom stereocenters. The Hall–Kier alpha value is -2.98. The number of amides is 1. The molecule has 26 heavy (non-hydrogen) atoms. The third-order valence-corrected chi connectivity index (χ3v) is 4.29. The van der Waals surface area contributed by atoms with Gasteiger partial charge in [0.1, 0.15) is 11.4 Å². The first-order valence-corrected chi connectivity index (χ1v) is 8.38. The molecule has 0 aromatic heterocycles. The first kappa shape index (κ1) is 17.8. The molecule has 0 bridgehead atoms. The molecule has 0 saturated carbocycles. The van der Waals surface area contributed by atoms with E-state index in [2.05, 4.69) is 5.32 Å². The SMILES string of the molecule is CC(O)(CNC(=O)c1cccc(-c2ccccc2)c1)c1ccc(F)cc1. The van der Waals surface area contributed by atoms with Crippen LogP contribution in [0.25, 0.3) is 11.1 Å². The highest BCUT2D eigenvalue weighted by atomic mass is 19.1. The molecule has 0 spiro atoms. The van der Waals surface area contributed by atoms with Crippen LogP contribution in [-0.2, 0) is 5.60 Å². The fourth-order valence-electron chi connectivity index (χ4n) is 2.74. The van der Waals surface area contributed by atoms with Crippen LogP contribution >= 0.6 is 0 Å². The van der Waals surface area contributed by atoms with Crippen molar-refractivity contribution in [1.82, 2.24) is 5.32 Å². The number of halogens is 1. The first-order valence-electron chi connectivity index (χ1n) is 8.38. The summed E-state index contributed by atoms with van der Waals surface area (Å²) in [6, 6.07) is 22.7. The van der Waals surface area contributed by atoms with E-state index in [1.165, 1.54) is 24.3 Å². The smallest absolute Gasteiger partial charge is 0.251 e. The van der Waals surface area contributed by atoms with Gasteiger partial charge < -0.3 is 10.4 Å². The lowest BCUT2D eigenvalue weighted by atomic mass is 9.96. The lowest BCUT2D eigenvalue weighted by Crippen LogP contribution is -2.38. The van der Waals surface area contributed by atoms with Gasteiger partial charge in [0.15, 0.2) is 0 Å². The zero-order chi connectivity index (χ0) is 18.6. The Balaban J connectivity index is 1.71. The van der Waals surface area contributed by atoms with Crippen molar-refractivity contribution >= 4 is 5.91 Å². The van der Waals surface area contributed by atoms with Gasteiger partial charge in [-0.3, -0.25) is 4.79 Å². The average molecular weight is 349 g/mol. The zero-order valence-electron chi connectivity index (χ0n) is 14.4. The summed E-state index contributed by atoms with van der Waals surface area (Å²) in [6.45, 7) is 1.61. The quantitative estimate of drug-likeness (QED) is 0.728. The van der Waals surface area contributed by atoms with Crippen LogP contribution in [0.1, 0.15) is 22.8 Å². The Morgan fingerprint density at radius 3 is 2.31 bits per heavy atom. The molecule has 4 heteroatoms. The summed E-state index contributed by atoms with van der Waals surface area (Å²) in [4.78, 5) is 12.5. The number of carbonyl (C=O) groups is 1. The van der Waals surface area contributed by atoms with Gasteiger partial charge >= 0.3 is 0 Å². The minimum atomic E-state index is -1.29. The lowest BCUT2D eigenvalue weighted by molar-refractivity contribution is 0.0526. The fourth-order valence-corrected chi connectivity index (χ4v) is 2.74. The number of carbonyl (C=O) groups excluding carboxylic acids is 1. The van der Waals surface area contributed by atoms with E-state index in [1.807, 2.05) is 48.5 Å². The monoisotopic (exact) mass is 349 g/mol. The molecule has 1 amide bonds. The normalized spacial score (nSPS) is 13.0. The molecule has 3 aromatic rings. The van der Waals surface area contributed by atoms with Gasteiger partial charge in [-0.1, -0.05) is 54.6 Å². The van der Waals surface area contributed by atoms with Crippen LogP contribution in [-0.4, -0.2) is 17.6 Å². The minimum Gasteiger partial charge on any atom is -0.384 e. The van der Waals surface area contributed by atoms with Crippen LogP contribution in [0, 0.1) is 5.82 Å². The Labute approximate surface area is 152 Å². The van der Waals surface area contributed by atoms with Gasteiger partial charge in [0.05, 0.1) is 6.54 Å². The van der Waals surface area contributed by atoms with Crippen LogP contribution in [0.3, 0.4) is 0 Å². The predicted molar refractivity (Wildman–Crippen MR) is 100 cm³/mol. The second-order valence-electron chi connectivity index (χ2n) is 6.41. The number of rotatable bonds is 5. The van der Waals surface area contributed by atoms with Gasteiger partial charge in [0.25, 0.3) is 5.91 Å². The second-order valence-corrected chi connectivity index (χ2v) is 6.41. The molecule has 0 aliphatic heterocycles. The van der Waals surface area contributed by atoms with Gasteiger partial charge in [0, 0.05) is 5.56 Å². The standard InChI is InChI=1S/C22H20FNO2/c1-22(26,19-10-12-20(23)13-11-19)15-24-21(25)18-9-5-8-17(14-18)16-6-3-2-4-7-16/h2-14,26H,15H2,1H3,(H,24,25). The summed E-state index contributed by atoms with van der Waals surface area (Å²) in [5, 5.41) is 13.3. The van der Waals surface area contributed by atoms with Crippen LogP contribution in [0.2, 0.25) is 0 Å². The molecule has 1 unspecified atom stereocenters. The number of hydrogen-bond acceptors (Lipinski definition) is 2. The molecular weight excluding hydrogens is 329 g/mol. The largest absolute Gasteiger partial charge is 0.384 e. The van der Waals surface area contributed by atoms with Crippen LogP contribution in [0.5, 0.6) is 0 Å². The maximum absolute atomic E-state index is 13.0. The number of aliphatic hydroxyl groups is 1. The molecule has 0 radical (unpaired) electrons. The number of benzene rings is 3. The molecule has 3 aromatic carbocycles. The summed E-state index contributed by atoms with van der Waals surface area (Å²) in [7, 11) is 0. The molecule has 3 rings (SSSR count). The van der Waals surface area contributed by atoms with E-state index in [0.717, 1.165) is 11.1 Å². The maximum Gasteiger partial charge on any atom is 0.251 e. The van der Waals surface area contributed by atoms with Crippen molar-refractivity contribution in [3.8, 4) is 11.1 Å². The predicted octanol–water partition coefficient (Wildman–Crippen LogP) is 4.13. The third kappa shape index (κ3) is 4.16. The van der Waals surface area contributed by atoms with Gasteiger partial charge in [-0.15, -0.1) is 0 Å². The topological polar surface area (TPSA) is 49.3 Å². The maximum atomic E-state index is 13.0. The summed E-state index contributed by atoms with van der Waals surface area (Å²) in [5.74, 6) is -0.642. The van der Waals surface area contributed by atoms with E-state index in [-0.39, 0.29) is 18.3 Å². The molecule has 2 N–H and O–H groups in total. The molecule has 0 aliphatic rings. The van der Waals surface area contributed by atoms with Gasteiger partial charge in [0.2, 0.25) is 0 Å². The van der Waals surface area contributed by atoms with E-state index < -0.39 is 5.60 Å². The first-order chi connectivity index (χ1) is 12.5. The highest BCUT2D eigenvalue weighted by Gasteiger charge is 2.24. The summed E-state index contributed by atoms with van der Waals surface area (Å²) in [6.07, 6.45) is 0. The molecular formula is C22H20FNO2. The van der Waals surface area contributed by atoms with Gasteiger partial charge in [-0.2, -0.15) is 0 Å². The van der Waals surface area contributed by atoms with Crippen molar-refractivity contribution in [2.24, 2.45) is 0 Å². The zero-order valence-corrected chi connectivity index (χ0v) is 14.4. The Kier molecular flexibility index (Phi) is 5.14. The van der Waals surface area contributed by atoms with Crippen LogP contribution in [0.15, 0.2) is 78.9 Å². The Morgan fingerprint density at radius 1 is 0.962 bits per heavy atom. The van der Waals surface area contributed by atoms with Gasteiger partial charge in [-0.05, 0) is 47.9 Å². The molecule has 0 aliphatic carbocycles. The van der Waals surface area contributed by atoms with Crippen LogP contribution < -0.4 is 5.32 Å². The highest BCUT2D eigenvalue weighted by Crippen LogP contribution is 2.22. The Bertz CT molecular complexity index is 890. The molecule has 0 heterocycles. The van der Waals surface area contributed by atoms with E-state index in [1.54, 1.807) is 13.0 Å². The highest BCUT2D eigenvalue weighted by molar-refractivity contribution is 5.95. The fraction of sp³-hybridized carbons (Fsp3) is 0.136. The van der Waals surface area contributed by atoms with E-state index in [9.17, 15) is 14.3 Å². The van der Waals surface area contributed by atoms with E-state index in [4.69, 9.17) is 0 Å². The number of hydrogen-bond donors (Lipinski definition) is 2. The molecule has 0 saturated heterocycles. The van der Waals surface area contributed by atoms with Crippen molar-refractivity contribution in [3.63, 3.8) is 0 Å². The van der Waals surface area contributed by atoms with E-state index >= 15 is 0 Å². The Morgan fingerprint density at radius 2 is 1.62 bits per heavy atom. The van der Waals surface area contributed by atoms with Crippen LogP contribution in [0.4, 0.5) is 4.39 Å². The van der Waals surface area contributed by atoms with Crippen molar-refractivity contribution in [3.05, 3.63) is 95.8 Å². The summed E-state index contributed by atoms with van der Waals surface area (Å²) in [5.41, 5.74) is 1.74. The average Bonchev–Trinajstić information content (AvgIpc) is 2.67. The number of nitrogens with one attached hydrogen (secondary N) is 1. The summed E-state index contributed by atoms with van der Waals surface area (Å²) >= 11 is 0. The molecule has 3 nitrogen and oxygen atoms in total. The molecule has 0 fully saturated rings. The van der Waals surface area contributed by atoms with Crippen molar-refractivity contribution in [2.75, 3.05) is 6.54 Å². The van der Waals surface area contributed by atoms with Crippen molar-refractivity contribution < 1.29 is 14.3 Å². The molecule has 132 valence electrons. The third-order valence-electron chi connectivity index (χ3n) is 4.29. The minimum absolute atomic E-state index is 0.0209. The lowest BCUT2D eigenvalue weighted by Gasteiger charge is -2.24. The van der Waals surface area contributed by atoms with Crippen molar-refractivity contribution in [1.29, 1.82) is 0 Å². The summed E-state index contributed by atoms with van der Waals surface area (Å²) < 4.78 is 13.0.